The van der Waals surface area contributed by atoms with E-state index in [0.717, 1.165) is 25.7 Å². The Morgan fingerprint density at radius 2 is 0.561 bits per heavy atom. The van der Waals surface area contributed by atoms with Crippen LogP contribution in [0.25, 0.3) is 0 Å². The fourth-order valence-corrected chi connectivity index (χ4v) is 6.20. The number of hydrogen-bond acceptors (Lipinski definition) is 2. The molecule has 2 unspecified atom stereocenters. The number of unbranched alkanes of at least 4 members (excludes halogenated alkanes) is 26. The van der Waals surface area contributed by atoms with Crippen molar-refractivity contribution in [2.45, 2.75) is 213 Å². The van der Waals surface area contributed by atoms with Gasteiger partial charge in [0.1, 0.15) is 0 Å². The van der Waals surface area contributed by atoms with E-state index >= 15 is 0 Å². The molecule has 244 valence electrons. The lowest BCUT2D eigenvalue weighted by atomic mass is 9.87. The van der Waals surface area contributed by atoms with Crippen LogP contribution in [0.15, 0.2) is 0 Å². The Morgan fingerprint density at radius 3 is 0.756 bits per heavy atom. The zero-order valence-electron chi connectivity index (χ0n) is 27.8. The van der Waals surface area contributed by atoms with Crippen LogP contribution in [-0.4, -0.2) is 22.2 Å². The Kier molecular flexibility index (Phi) is 31.0. The van der Waals surface area contributed by atoms with Crippen LogP contribution in [0, 0.1) is 11.8 Å². The van der Waals surface area contributed by atoms with Crippen molar-refractivity contribution in [3.63, 3.8) is 0 Å². The molecule has 0 aromatic carbocycles. The second kappa shape index (κ2) is 31.9. The summed E-state index contributed by atoms with van der Waals surface area (Å²) in [5, 5.41) is 19.4. The Labute approximate surface area is 256 Å². The maximum Gasteiger partial charge on any atom is 0.306 e. The summed E-state index contributed by atoms with van der Waals surface area (Å²) in [4.78, 5) is 23.7. The summed E-state index contributed by atoms with van der Waals surface area (Å²) in [6.07, 6.45) is 37.5. The Bertz CT molecular complexity index is 513. The van der Waals surface area contributed by atoms with E-state index in [1.165, 1.54) is 154 Å². The fraction of sp³-hybridized carbons (Fsp3) is 0.946. The molecule has 4 heteroatoms. The summed E-state index contributed by atoms with van der Waals surface area (Å²) in [6, 6.07) is 0. The van der Waals surface area contributed by atoms with E-state index in [4.69, 9.17) is 0 Å². The third-order valence-electron chi connectivity index (χ3n) is 9.08. The van der Waals surface area contributed by atoms with Crippen molar-refractivity contribution in [2.24, 2.45) is 11.8 Å². The largest absolute Gasteiger partial charge is 0.481 e. The lowest BCUT2D eigenvalue weighted by molar-refractivity contribution is -0.146. The van der Waals surface area contributed by atoms with Gasteiger partial charge in [0.05, 0.1) is 11.8 Å². The van der Waals surface area contributed by atoms with Crippen molar-refractivity contribution in [3.05, 3.63) is 0 Å². The van der Waals surface area contributed by atoms with E-state index in [9.17, 15) is 19.8 Å². The van der Waals surface area contributed by atoms with Crippen molar-refractivity contribution < 1.29 is 19.8 Å². The van der Waals surface area contributed by atoms with Crippen LogP contribution in [0.4, 0.5) is 0 Å². The van der Waals surface area contributed by atoms with Gasteiger partial charge >= 0.3 is 11.9 Å². The van der Waals surface area contributed by atoms with E-state index in [2.05, 4.69) is 13.8 Å². The summed E-state index contributed by atoms with van der Waals surface area (Å²) in [7, 11) is 0. The topological polar surface area (TPSA) is 74.6 Å². The number of rotatable bonds is 34. The van der Waals surface area contributed by atoms with Gasteiger partial charge in [-0.3, -0.25) is 9.59 Å². The molecule has 41 heavy (non-hydrogen) atoms. The highest BCUT2D eigenvalue weighted by Gasteiger charge is 2.26. The molecule has 0 bridgehead atoms. The maximum atomic E-state index is 11.8. The minimum absolute atomic E-state index is 0.293. The number of carbonyl (C=O) groups is 2. The molecule has 0 saturated heterocycles. The zero-order valence-corrected chi connectivity index (χ0v) is 27.8. The maximum absolute atomic E-state index is 11.8. The molecule has 0 rings (SSSR count). The average molecular weight is 581 g/mol. The van der Waals surface area contributed by atoms with Crippen molar-refractivity contribution in [1.82, 2.24) is 0 Å². The van der Waals surface area contributed by atoms with E-state index in [-0.39, 0.29) is 0 Å². The van der Waals surface area contributed by atoms with Gasteiger partial charge in [-0.05, 0) is 19.3 Å². The highest BCUT2D eigenvalue weighted by Crippen LogP contribution is 2.25. The molecule has 0 spiro atoms. The number of carboxylic acids is 2. The van der Waals surface area contributed by atoms with Gasteiger partial charge in [-0.25, -0.2) is 0 Å². The van der Waals surface area contributed by atoms with Crippen LogP contribution < -0.4 is 0 Å². The third kappa shape index (κ3) is 28.8. The predicted molar refractivity (Wildman–Crippen MR) is 177 cm³/mol. The molecular weight excluding hydrogens is 508 g/mol. The van der Waals surface area contributed by atoms with E-state index < -0.39 is 23.8 Å². The van der Waals surface area contributed by atoms with Gasteiger partial charge in [0, 0.05) is 0 Å². The minimum atomic E-state index is -0.813. The van der Waals surface area contributed by atoms with Gasteiger partial charge in [-0.15, -0.1) is 0 Å². The summed E-state index contributed by atoms with van der Waals surface area (Å²) in [5.41, 5.74) is 0. The van der Waals surface area contributed by atoms with Crippen molar-refractivity contribution in [1.29, 1.82) is 0 Å². The lowest BCUT2D eigenvalue weighted by Gasteiger charge is -2.18. The van der Waals surface area contributed by atoms with Crippen LogP contribution in [0.5, 0.6) is 0 Å². The Morgan fingerprint density at radius 1 is 0.366 bits per heavy atom. The first-order chi connectivity index (χ1) is 20.0. The summed E-state index contributed by atoms with van der Waals surface area (Å²) < 4.78 is 0. The summed E-state index contributed by atoms with van der Waals surface area (Å²) in [6.45, 7) is 4.53. The molecule has 4 nitrogen and oxygen atoms in total. The first-order valence-electron chi connectivity index (χ1n) is 18.5. The van der Waals surface area contributed by atoms with Crippen molar-refractivity contribution >= 4 is 11.9 Å². The molecule has 0 aromatic heterocycles. The average Bonchev–Trinajstić information content (AvgIpc) is 2.95. The first kappa shape index (κ1) is 39.9. The number of hydrogen-bond donors (Lipinski definition) is 2. The van der Waals surface area contributed by atoms with Crippen LogP contribution in [0.2, 0.25) is 0 Å². The minimum Gasteiger partial charge on any atom is -0.481 e. The quantitative estimate of drug-likeness (QED) is 0.0742. The summed E-state index contributed by atoms with van der Waals surface area (Å²) in [5.74, 6) is -2.65. The normalized spacial score (nSPS) is 12.9. The first-order valence-corrected chi connectivity index (χ1v) is 18.5. The molecule has 0 aromatic rings. The lowest BCUT2D eigenvalue weighted by Crippen LogP contribution is -2.23. The number of carboxylic acid groups (broad SMARTS) is 2. The smallest absolute Gasteiger partial charge is 0.306 e. The van der Waals surface area contributed by atoms with Crippen LogP contribution in [-0.2, 0) is 9.59 Å². The highest BCUT2D eigenvalue weighted by molar-refractivity contribution is 5.73. The molecule has 2 N–H and O–H groups in total. The zero-order chi connectivity index (χ0) is 30.2. The van der Waals surface area contributed by atoms with E-state index in [0.29, 0.717) is 19.3 Å². The molecule has 0 amide bonds. The van der Waals surface area contributed by atoms with Crippen molar-refractivity contribution in [2.75, 3.05) is 0 Å². The molecule has 0 aliphatic heterocycles. The molecule has 0 radical (unpaired) electrons. The Hall–Kier alpha value is -1.06. The highest BCUT2D eigenvalue weighted by atomic mass is 16.4. The van der Waals surface area contributed by atoms with E-state index in [1.54, 1.807) is 0 Å². The van der Waals surface area contributed by atoms with E-state index in [1.807, 2.05) is 0 Å². The molecule has 0 aliphatic rings. The second-order valence-electron chi connectivity index (χ2n) is 13.1. The molecule has 0 aliphatic carbocycles. The van der Waals surface area contributed by atoms with Gasteiger partial charge in [0.25, 0.3) is 0 Å². The van der Waals surface area contributed by atoms with Gasteiger partial charge in [-0.2, -0.15) is 0 Å². The second-order valence-corrected chi connectivity index (χ2v) is 13.1. The SMILES string of the molecule is CCCCCCCCCCCCCCCCC(CC(CCCCCCCCCCCCCCCC)C(=O)O)C(=O)O. The molecule has 0 fully saturated rings. The van der Waals surface area contributed by atoms with Crippen molar-refractivity contribution in [3.8, 4) is 0 Å². The molecule has 0 heterocycles. The van der Waals surface area contributed by atoms with Crippen LogP contribution in [0.3, 0.4) is 0 Å². The molecule has 2 atom stereocenters. The number of aliphatic carboxylic acids is 2. The van der Waals surface area contributed by atoms with Gasteiger partial charge in [0.15, 0.2) is 0 Å². The van der Waals surface area contributed by atoms with Gasteiger partial charge in [0.2, 0.25) is 0 Å². The van der Waals surface area contributed by atoms with Gasteiger partial charge < -0.3 is 10.2 Å². The molecular formula is C37H72O4. The van der Waals surface area contributed by atoms with Crippen LogP contribution in [0.1, 0.15) is 213 Å². The Balaban J connectivity index is 3.78. The van der Waals surface area contributed by atoms with Gasteiger partial charge in [-0.1, -0.05) is 194 Å². The fourth-order valence-electron chi connectivity index (χ4n) is 6.20. The predicted octanol–water partition coefficient (Wildman–Crippen LogP) is 12.5. The third-order valence-corrected chi connectivity index (χ3v) is 9.08. The standard InChI is InChI=1S/C37H72O4/c1-3-5-7-9-11-13-15-17-19-21-23-25-27-29-31-34(36(38)39)33-35(37(40)41)32-30-28-26-24-22-20-18-16-14-12-10-8-6-4-2/h34-35H,3-33H2,1-2H3,(H,38,39)(H,40,41). The molecule has 0 saturated carbocycles. The monoisotopic (exact) mass is 581 g/mol. The van der Waals surface area contributed by atoms with Crippen LogP contribution >= 0.6 is 0 Å². The summed E-state index contributed by atoms with van der Waals surface area (Å²) >= 11 is 0.